The molecule has 4 aromatic carbocycles. The second kappa shape index (κ2) is 11.8. The van der Waals surface area contributed by atoms with Crippen LogP contribution in [0.3, 0.4) is 0 Å². The maximum absolute atomic E-state index is 14.0. The Morgan fingerprint density at radius 2 is 1.51 bits per heavy atom. The number of anilines is 1. The number of Topliss-reactive ketones (excluding diaryl/α,β-unsaturated/α-hetero) is 1. The number of fused-ring (bicyclic) bond motifs is 1. The first-order valence-corrected chi connectivity index (χ1v) is 15.7. The molecule has 1 fully saturated rings. The minimum absolute atomic E-state index is 0.0142. The minimum Gasteiger partial charge on any atom is -0.489 e. The molecule has 0 aromatic heterocycles. The van der Waals surface area contributed by atoms with Gasteiger partial charge in [0.1, 0.15) is 24.2 Å². The lowest BCUT2D eigenvalue weighted by molar-refractivity contribution is 0.0650. The quantitative estimate of drug-likeness (QED) is 0.229. The summed E-state index contributed by atoms with van der Waals surface area (Å²) in [6.07, 6.45) is 1.13. The van der Waals surface area contributed by atoms with Crippen molar-refractivity contribution in [3.05, 3.63) is 125 Å². The fraction of sp³-hybridized carbons (Fsp3) is 0.212. The Balaban J connectivity index is 1.27. The summed E-state index contributed by atoms with van der Waals surface area (Å²) in [5.74, 6) is -0.575. The number of ether oxygens (including phenoxy) is 1. The molecule has 2 aliphatic heterocycles. The van der Waals surface area contributed by atoms with E-state index < -0.39 is 21.9 Å². The Morgan fingerprint density at radius 1 is 0.837 bits per heavy atom. The van der Waals surface area contributed by atoms with E-state index in [0.717, 1.165) is 12.1 Å². The van der Waals surface area contributed by atoms with Crippen LogP contribution in [0.4, 0.5) is 10.1 Å². The van der Waals surface area contributed by atoms with Crippen LogP contribution < -0.4 is 9.04 Å². The van der Waals surface area contributed by atoms with Gasteiger partial charge in [0.05, 0.1) is 10.6 Å². The first kappa shape index (κ1) is 28.9. The van der Waals surface area contributed by atoms with E-state index in [1.165, 1.54) is 16.4 Å². The molecule has 6 rings (SSSR count). The molecule has 7 nitrogen and oxygen atoms in total. The molecule has 1 atom stereocenters. The zero-order chi connectivity index (χ0) is 30.1. The van der Waals surface area contributed by atoms with Gasteiger partial charge in [-0.25, -0.2) is 12.8 Å². The number of hydrogen-bond acceptors (Lipinski definition) is 5. The van der Waals surface area contributed by atoms with E-state index in [0.29, 0.717) is 47.6 Å². The number of likely N-dealkylation sites (tertiary alicyclic amines) is 1. The zero-order valence-electron chi connectivity index (χ0n) is 23.0. The monoisotopic (exact) mass is 618 g/mol. The van der Waals surface area contributed by atoms with Crippen molar-refractivity contribution < 1.29 is 27.1 Å². The zero-order valence-corrected chi connectivity index (χ0v) is 24.6. The van der Waals surface area contributed by atoms with Gasteiger partial charge >= 0.3 is 0 Å². The van der Waals surface area contributed by atoms with E-state index >= 15 is 0 Å². The largest absolute Gasteiger partial charge is 0.489 e. The highest BCUT2D eigenvalue weighted by Crippen LogP contribution is 2.44. The van der Waals surface area contributed by atoms with Crippen LogP contribution in [0.1, 0.15) is 45.2 Å². The molecular formula is C33H28ClFN2O5S. The molecule has 0 aliphatic carbocycles. The predicted octanol–water partition coefficient (Wildman–Crippen LogP) is 6.54. The minimum atomic E-state index is -4.16. The van der Waals surface area contributed by atoms with Gasteiger partial charge in [-0.05, 0) is 73.0 Å². The van der Waals surface area contributed by atoms with Crippen LogP contribution in [0, 0.1) is 11.7 Å². The lowest BCUT2D eigenvalue weighted by Gasteiger charge is -2.38. The summed E-state index contributed by atoms with van der Waals surface area (Å²) in [5.41, 5.74) is 1.96. The highest BCUT2D eigenvalue weighted by Gasteiger charge is 2.39. The number of benzene rings is 4. The molecule has 0 spiro atoms. The molecule has 0 N–H and O–H groups in total. The van der Waals surface area contributed by atoms with Crippen molar-refractivity contribution >= 4 is 39.0 Å². The number of halogens is 2. The third-order valence-corrected chi connectivity index (χ3v) is 10.0. The van der Waals surface area contributed by atoms with E-state index in [2.05, 4.69) is 0 Å². The van der Waals surface area contributed by atoms with Crippen LogP contribution in [0.25, 0.3) is 0 Å². The van der Waals surface area contributed by atoms with Gasteiger partial charge in [-0.2, -0.15) is 0 Å². The fourth-order valence-corrected chi connectivity index (χ4v) is 7.41. The number of carbonyl (C=O) groups is 2. The van der Waals surface area contributed by atoms with Gasteiger partial charge in [0.2, 0.25) is 0 Å². The van der Waals surface area contributed by atoms with Gasteiger partial charge in [-0.1, -0.05) is 54.1 Å². The summed E-state index contributed by atoms with van der Waals surface area (Å²) >= 11 is 6.08. The number of sulfonamides is 1. The summed E-state index contributed by atoms with van der Waals surface area (Å²) in [6, 6.07) is 24.6. The highest BCUT2D eigenvalue weighted by molar-refractivity contribution is 7.92. The smallest absolute Gasteiger partial charge is 0.265 e. The summed E-state index contributed by atoms with van der Waals surface area (Å²) in [4.78, 5) is 28.0. The van der Waals surface area contributed by atoms with Crippen LogP contribution in [-0.4, -0.2) is 44.7 Å². The topological polar surface area (TPSA) is 84.0 Å². The Hall–Kier alpha value is -4.21. The van der Waals surface area contributed by atoms with Crippen LogP contribution in [0.15, 0.2) is 102 Å². The van der Waals surface area contributed by atoms with Crippen molar-refractivity contribution in [2.75, 3.05) is 24.0 Å². The van der Waals surface area contributed by atoms with Crippen LogP contribution in [0.2, 0.25) is 5.02 Å². The lowest BCUT2D eigenvalue weighted by atomic mass is 9.88. The Labute approximate surface area is 254 Å². The summed E-state index contributed by atoms with van der Waals surface area (Å²) in [5, 5.41) is 0.505. The third-order valence-electron chi connectivity index (χ3n) is 7.96. The van der Waals surface area contributed by atoms with Gasteiger partial charge in [-0.3, -0.25) is 13.9 Å². The molecule has 2 aliphatic rings. The van der Waals surface area contributed by atoms with Crippen molar-refractivity contribution in [1.82, 2.24) is 4.90 Å². The summed E-state index contributed by atoms with van der Waals surface area (Å²) in [7, 11) is -4.16. The van der Waals surface area contributed by atoms with Gasteiger partial charge < -0.3 is 9.64 Å². The average Bonchev–Trinajstić information content (AvgIpc) is 3.04. The number of piperidine rings is 1. The molecule has 43 heavy (non-hydrogen) atoms. The standard InChI is InChI=1S/C33H28ClFN2O5S/c34-26-9-6-22(7-10-26)30-21-42-31-20-25(8-15-29(31)37(30)43(40,41)28-13-11-27(35)12-14-28)33(39)36-18-16-24(17-19-36)32(38)23-4-2-1-3-5-23/h1-15,20,24,30H,16-19,21H2. The SMILES string of the molecule is O=C(c1ccccc1)C1CCN(C(=O)c2ccc3c(c2)OCC(c2ccc(Cl)cc2)N3S(=O)(=O)c2ccc(F)cc2)CC1. The first-order valence-electron chi connectivity index (χ1n) is 13.9. The van der Waals surface area contributed by atoms with E-state index in [1.807, 2.05) is 30.3 Å². The van der Waals surface area contributed by atoms with E-state index in [1.54, 1.807) is 47.4 Å². The lowest BCUT2D eigenvalue weighted by Crippen LogP contribution is -2.42. The summed E-state index contributed by atoms with van der Waals surface area (Å²) < 4.78 is 48.9. The Morgan fingerprint density at radius 3 is 2.19 bits per heavy atom. The molecule has 0 saturated carbocycles. The fourth-order valence-electron chi connectivity index (χ4n) is 5.65. The first-order chi connectivity index (χ1) is 20.7. The van der Waals surface area contributed by atoms with Crippen molar-refractivity contribution in [2.24, 2.45) is 5.92 Å². The maximum atomic E-state index is 14.0. The van der Waals surface area contributed by atoms with E-state index in [4.69, 9.17) is 16.3 Å². The van der Waals surface area contributed by atoms with Crippen LogP contribution in [0.5, 0.6) is 5.75 Å². The molecule has 1 unspecified atom stereocenters. The van der Waals surface area contributed by atoms with Crippen molar-refractivity contribution in [1.29, 1.82) is 0 Å². The second-order valence-electron chi connectivity index (χ2n) is 10.6. The number of nitrogens with zero attached hydrogens (tertiary/aromatic N) is 2. The van der Waals surface area contributed by atoms with Gasteiger partial charge in [-0.15, -0.1) is 0 Å². The van der Waals surface area contributed by atoms with Crippen molar-refractivity contribution in [3.8, 4) is 5.75 Å². The van der Waals surface area contributed by atoms with Gasteiger partial charge in [0, 0.05) is 35.2 Å². The number of ketones is 1. The third kappa shape index (κ3) is 5.75. The van der Waals surface area contributed by atoms with Crippen LogP contribution in [-0.2, 0) is 10.0 Å². The Kier molecular flexibility index (Phi) is 7.94. The molecular weight excluding hydrogens is 591 g/mol. The molecule has 1 saturated heterocycles. The molecule has 10 heteroatoms. The van der Waals surface area contributed by atoms with E-state index in [9.17, 15) is 22.4 Å². The van der Waals surface area contributed by atoms with Gasteiger partial charge in [0.25, 0.3) is 15.9 Å². The molecule has 0 bridgehead atoms. The van der Waals surface area contributed by atoms with Crippen molar-refractivity contribution in [2.45, 2.75) is 23.8 Å². The number of amides is 1. The number of carbonyl (C=O) groups excluding carboxylic acids is 2. The highest BCUT2D eigenvalue weighted by atomic mass is 35.5. The molecule has 0 radical (unpaired) electrons. The normalized spacial score (nSPS) is 17.2. The summed E-state index contributed by atoms with van der Waals surface area (Å²) in [6.45, 7) is 0.854. The molecule has 4 aromatic rings. The average molecular weight is 619 g/mol. The van der Waals surface area contributed by atoms with Crippen LogP contribution >= 0.6 is 11.6 Å². The van der Waals surface area contributed by atoms with Gasteiger partial charge in [0.15, 0.2) is 5.78 Å². The Bertz CT molecular complexity index is 1760. The van der Waals surface area contributed by atoms with Crippen molar-refractivity contribution in [3.63, 3.8) is 0 Å². The molecule has 220 valence electrons. The molecule has 2 heterocycles. The predicted molar refractivity (Wildman–Crippen MR) is 162 cm³/mol. The van der Waals surface area contributed by atoms with E-state index in [-0.39, 0.29) is 40.5 Å². The number of hydrogen-bond donors (Lipinski definition) is 0. The molecule has 1 amide bonds. The maximum Gasteiger partial charge on any atom is 0.265 e. The number of rotatable bonds is 6. The second-order valence-corrected chi connectivity index (χ2v) is 12.9.